The van der Waals surface area contributed by atoms with Crippen LogP contribution in [-0.4, -0.2) is 19.5 Å². The molecular formula is C14H15NO5S. The van der Waals surface area contributed by atoms with Crippen LogP contribution in [0, 0.1) is 0 Å². The Morgan fingerprint density at radius 1 is 1.24 bits per heavy atom. The van der Waals surface area contributed by atoms with Gasteiger partial charge >= 0.3 is 5.97 Å². The highest BCUT2D eigenvalue weighted by Gasteiger charge is 2.21. The number of carboxylic acids is 1. The molecule has 2 aromatic rings. The number of carbonyl (C=O) groups is 1. The molecule has 1 aromatic carbocycles. The van der Waals surface area contributed by atoms with E-state index in [1.165, 1.54) is 0 Å². The zero-order valence-electron chi connectivity index (χ0n) is 11.4. The maximum atomic E-state index is 12.2. The van der Waals surface area contributed by atoms with Gasteiger partial charge in [0, 0.05) is 0 Å². The Bertz CT molecular complexity index is 748. The molecule has 0 radical (unpaired) electrons. The van der Waals surface area contributed by atoms with Crippen molar-refractivity contribution in [3.63, 3.8) is 0 Å². The lowest BCUT2D eigenvalue weighted by Crippen LogP contribution is -2.13. The molecule has 6 nitrogen and oxygen atoms in total. The number of hydrogen-bond acceptors (Lipinski definition) is 4. The number of hydrogen-bond donors (Lipinski definition) is 2. The predicted molar refractivity (Wildman–Crippen MR) is 76.9 cm³/mol. The first-order valence-corrected chi connectivity index (χ1v) is 7.86. The van der Waals surface area contributed by atoms with Gasteiger partial charge in [0.05, 0.1) is 5.69 Å². The Balaban J connectivity index is 2.30. The van der Waals surface area contributed by atoms with Crippen molar-refractivity contribution in [2.75, 3.05) is 4.72 Å². The third-order valence-electron chi connectivity index (χ3n) is 2.84. The van der Waals surface area contributed by atoms with E-state index >= 15 is 0 Å². The van der Waals surface area contributed by atoms with Crippen LogP contribution in [0.4, 0.5) is 5.69 Å². The van der Waals surface area contributed by atoms with Gasteiger partial charge in [0.25, 0.3) is 10.0 Å². The fourth-order valence-electron chi connectivity index (χ4n) is 1.88. The van der Waals surface area contributed by atoms with Crippen LogP contribution >= 0.6 is 0 Å². The van der Waals surface area contributed by atoms with Gasteiger partial charge in [-0.05, 0) is 30.2 Å². The van der Waals surface area contributed by atoms with E-state index in [2.05, 4.69) is 4.72 Å². The van der Waals surface area contributed by atoms with Crippen molar-refractivity contribution >= 4 is 21.7 Å². The fourth-order valence-corrected chi connectivity index (χ4v) is 2.92. The van der Waals surface area contributed by atoms with Gasteiger partial charge in [-0.25, -0.2) is 4.79 Å². The largest absolute Gasteiger partial charge is 0.475 e. The quantitative estimate of drug-likeness (QED) is 0.855. The number of aryl methyl sites for hydroxylation is 1. The minimum Gasteiger partial charge on any atom is -0.475 e. The van der Waals surface area contributed by atoms with Crippen molar-refractivity contribution in [1.82, 2.24) is 0 Å². The molecule has 0 saturated heterocycles. The third kappa shape index (κ3) is 3.43. The zero-order chi connectivity index (χ0) is 15.5. The topological polar surface area (TPSA) is 96.6 Å². The van der Waals surface area contributed by atoms with Crippen molar-refractivity contribution in [3.8, 4) is 0 Å². The van der Waals surface area contributed by atoms with Crippen molar-refractivity contribution < 1.29 is 22.7 Å². The summed E-state index contributed by atoms with van der Waals surface area (Å²) in [6.07, 6.45) is 1.61. The van der Waals surface area contributed by atoms with Crippen molar-refractivity contribution in [2.45, 2.75) is 24.9 Å². The molecule has 0 aliphatic heterocycles. The molecule has 7 heteroatoms. The van der Waals surface area contributed by atoms with Crippen LogP contribution in [0.1, 0.15) is 29.5 Å². The molecule has 112 valence electrons. The zero-order valence-corrected chi connectivity index (χ0v) is 12.2. The van der Waals surface area contributed by atoms with Crippen molar-refractivity contribution in [3.05, 3.63) is 47.7 Å². The second-order valence-corrected chi connectivity index (χ2v) is 6.05. The Hall–Kier alpha value is -2.28. The molecule has 0 aliphatic rings. The van der Waals surface area contributed by atoms with Gasteiger partial charge in [-0.15, -0.1) is 0 Å². The first-order valence-electron chi connectivity index (χ1n) is 6.38. The van der Waals surface area contributed by atoms with Crippen molar-refractivity contribution in [2.24, 2.45) is 0 Å². The van der Waals surface area contributed by atoms with Gasteiger partial charge in [0.1, 0.15) is 0 Å². The molecule has 0 amide bonds. The summed E-state index contributed by atoms with van der Waals surface area (Å²) in [5.41, 5.74) is 1.33. The normalized spacial score (nSPS) is 11.3. The molecule has 0 unspecified atom stereocenters. The van der Waals surface area contributed by atoms with E-state index in [1.54, 1.807) is 12.1 Å². The highest BCUT2D eigenvalue weighted by Crippen LogP contribution is 2.22. The molecule has 0 saturated carbocycles. The number of benzene rings is 1. The first kappa shape index (κ1) is 15.1. The molecule has 21 heavy (non-hydrogen) atoms. The van der Waals surface area contributed by atoms with E-state index in [0.717, 1.165) is 30.5 Å². The van der Waals surface area contributed by atoms with E-state index in [-0.39, 0.29) is 0 Å². The molecule has 0 bridgehead atoms. The van der Waals surface area contributed by atoms with Crippen LogP contribution in [0.5, 0.6) is 0 Å². The monoisotopic (exact) mass is 309 g/mol. The van der Waals surface area contributed by atoms with Crippen LogP contribution in [0.15, 0.2) is 45.9 Å². The maximum Gasteiger partial charge on any atom is 0.371 e. The van der Waals surface area contributed by atoms with Gasteiger partial charge in [-0.2, -0.15) is 8.42 Å². The number of anilines is 1. The van der Waals surface area contributed by atoms with Gasteiger partial charge in [0.15, 0.2) is 0 Å². The summed E-state index contributed by atoms with van der Waals surface area (Å²) in [5, 5.41) is 8.33. The number of nitrogens with one attached hydrogen (secondary N) is 1. The molecule has 0 fully saturated rings. The maximum absolute atomic E-state index is 12.2. The number of sulfonamides is 1. The molecule has 0 spiro atoms. The lowest BCUT2D eigenvalue weighted by atomic mass is 10.1. The molecule has 2 rings (SSSR count). The second-order valence-electron chi connectivity index (χ2n) is 4.44. The summed E-state index contributed by atoms with van der Waals surface area (Å²) in [5.74, 6) is -1.74. The number of aromatic carboxylic acids is 1. The fraction of sp³-hybridized carbons (Fsp3) is 0.214. The van der Waals surface area contributed by atoms with E-state index in [9.17, 15) is 13.2 Å². The average molecular weight is 309 g/mol. The summed E-state index contributed by atoms with van der Waals surface area (Å²) in [6, 6.07) is 9.28. The highest BCUT2D eigenvalue weighted by molar-refractivity contribution is 7.92. The van der Waals surface area contributed by atoms with Crippen LogP contribution in [0.2, 0.25) is 0 Å². The van der Waals surface area contributed by atoms with Gasteiger partial charge in [0.2, 0.25) is 10.9 Å². The van der Waals surface area contributed by atoms with Crippen LogP contribution in [0.3, 0.4) is 0 Å². The first-order chi connectivity index (χ1) is 9.94. The number of rotatable bonds is 6. The molecule has 1 heterocycles. The summed E-state index contributed by atoms with van der Waals surface area (Å²) in [4.78, 5) is 10.7. The Morgan fingerprint density at radius 2 is 1.95 bits per heavy atom. The molecule has 1 aromatic heterocycles. The van der Waals surface area contributed by atoms with E-state index in [0.29, 0.717) is 5.69 Å². The van der Waals surface area contributed by atoms with E-state index < -0.39 is 26.8 Å². The summed E-state index contributed by atoms with van der Waals surface area (Å²) in [7, 11) is -3.95. The van der Waals surface area contributed by atoms with Crippen LogP contribution in [0.25, 0.3) is 0 Å². The number of furan rings is 1. The Labute approximate surface area is 122 Å². The van der Waals surface area contributed by atoms with Gasteiger partial charge in [-0.3, -0.25) is 4.72 Å². The van der Waals surface area contributed by atoms with Crippen LogP contribution in [-0.2, 0) is 16.4 Å². The Morgan fingerprint density at radius 3 is 2.57 bits per heavy atom. The standard InChI is InChI=1S/C14H15NO5S/c1-2-5-10-6-3-4-7-11(10)15-21(18,19)13-9-8-12(20-13)14(16)17/h3-4,6-9,15H,2,5H2,1H3,(H,16,17). The SMILES string of the molecule is CCCc1ccccc1NS(=O)(=O)c1ccc(C(=O)O)o1. The highest BCUT2D eigenvalue weighted by atomic mass is 32.2. The summed E-state index contributed by atoms with van der Waals surface area (Å²) in [6.45, 7) is 2.00. The van der Waals surface area contributed by atoms with Gasteiger partial charge in [-0.1, -0.05) is 31.5 Å². The third-order valence-corrected chi connectivity index (χ3v) is 4.08. The van der Waals surface area contributed by atoms with E-state index in [1.807, 2.05) is 19.1 Å². The minimum absolute atomic E-state index is 0.419. The summed E-state index contributed by atoms with van der Waals surface area (Å²) < 4.78 is 31.7. The lowest BCUT2D eigenvalue weighted by Gasteiger charge is -2.10. The van der Waals surface area contributed by atoms with Crippen LogP contribution < -0.4 is 4.72 Å². The molecular weight excluding hydrogens is 294 g/mol. The second kappa shape index (κ2) is 6.01. The number of carboxylic acid groups (broad SMARTS) is 1. The predicted octanol–water partition coefficient (Wildman–Crippen LogP) is 2.73. The Kier molecular flexibility index (Phi) is 4.32. The minimum atomic E-state index is -3.95. The smallest absolute Gasteiger partial charge is 0.371 e. The molecule has 2 N–H and O–H groups in total. The van der Waals surface area contributed by atoms with Crippen molar-refractivity contribution in [1.29, 1.82) is 0 Å². The lowest BCUT2D eigenvalue weighted by molar-refractivity contribution is 0.0656. The average Bonchev–Trinajstić information content (AvgIpc) is 2.92. The molecule has 0 atom stereocenters. The summed E-state index contributed by atoms with van der Waals surface area (Å²) >= 11 is 0. The van der Waals surface area contributed by atoms with E-state index in [4.69, 9.17) is 9.52 Å². The molecule has 0 aliphatic carbocycles. The van der Waals surface area contributed by atoms with Gasteiger partial charge < -0.3 is 9.52 Å². The number of para-hydroxylation sites is 1.